The van der Waals surface area contributed by atoms with Gasteiger partial charge in [-0.05, 0) is 35.3 Å². The summed E-state index contributed by atoms with van der Waals surface area (Å²) >= 11 is 1.32. The van der Waals surface area contributed by atoms with Crippen molar-refractivity contribution in [1.29, 1.82) is 5.26 Å². The lowest BCUT2D eigenvalue weighted by atomic mass is 9.82. The molecule has 2 aromatic carbocycles. The zero-order valence-corrected chi connectivity index (χ0v) is 19.6. The average Bonchev–Trinajstić information content (AvgIpc) is 3.47. The molecule has 2 N–H and O–H groups in total. The Labute approximate surface area is 205 Å². The third kappa shape index (κ3) is 5.37. The number of hydrogen-bond donors (Lipinski definition) is 2. The number of benzene rings is 2. The molecule has 0 aliphatic rings. The second-order valence-corrected chi connectivity index (χ2v) is 8.07. The molecule has 0 spiro atoms. The molecule has 11 heteroatoms. The van der Waals surface area contributed by atoms with Gasteiger partial charge in [-0.15, -0.1) is 23.7 Å². The number of nitrogens with zero attached hydrogens (tertiary/aromatic N) is 4. The van der Waals surface area contributed by atoms with Crippen molar-refractivity contribution < 1.29 is 31.0 Å². The Kier molecular flexibility index (Phi) is 8.63. The fourth-order valence-electron chi connectivity index (χ4n) is 3.42. The van der Waals surface area contributed by atoms with E-state index in [1.807, 2.05) is 5.38 Å². The van der Waals surface area contributed by atoms with E-state index in [0.29, 0.717) is 16.3 Å². The van der Waals surface area contributed by atoms with Gasteiger partial charge in [0, 0.05) is 22.4 Å². The Balaban J connectivity index is 0.00000193. The number of halogens is 4. The van der Waals surface area contributed by atoms with Crippen molar-refractivity contribution in [2.45, 2.75) is 25.0 Å². The van der Waals surface area contributed by atoms with Gasteiger partial charge in [0.25, 0.3) is 0 Å². The Morgan fingerprint density at radius 3 is 2.61 bits per heavy atom. The molecule has 4 rings (SSSR count). The van der Waals surface area contributed by atoms with Crippen LogP contribution in [0.4, 0.5) is 8.78 Å². The fraction of sp³-hybridized carbons (Fsp3) is 0.182. The van der Waals surface area contributed by atoms with Crippen LogP contribution >= 0.6 is 23.7 Å². The van der Waals surface area contributed by atoms with Crippen molar-refractivity contribution in [3.05, 3.63) is 88.3 Å². The van der Waals surface area contributed by atoms with E-state index in [0.717, 1.165) is 23.8 Å². The SMILES string of the molecule is C[C@@H](c1nc(-c2ccc(C#N)cc2)cs1)[C@](O)(C[n+]1cnc[nH]1)c1cc(F)ccc1F.Cl.[Cl-]. The zero-order chi connectivity index (χ0) is 22.0. The first kappa shape index (κ1) is 26.4. The molecule has 0 aliphatic heterocycles. The normalized spacial score (nSPS) is 13.2. The Hall–Kier alpha value is -2.90. The van der Waals surface area contributed by atoms with Crippen molar-refractivity contribution in [3.63, 3.8) is 0 Å². The van der Waals surface area contributed by atoms with Crippen LogP contribution in [0.2, 0.25) is 0 Å². The number of aromatic amines is 1. The Morgan fingerprint density at radius 2 is 1.97 bits per heavy atom. The standard InChI is InChI=1S/C22H17F2N5OS.2ClH/c1-14(21-28-20(10-31-21)16-4-2-15(9-25)3-5-16)22(30,11-29-13-26-12-27-29)18-8-17(23)6-7-19(18)24;;/h2-8,10,12-14,30H,11H2,1H3;2*1H/t14-,22+;;/m0../s1. The molecule has 0 radical (unpaired) electrons. The maximum atomic E-state index is 14.7. The Morgan fingerprint density at radius 1 is 1.24 bits per heavy atom. The van der Waals surface area contributed by atoms with Crippen LogP contribution in [-0.2, 0) is 12.1 Å². The van der Waals surface area contributed by atoms with Gasteiger partial charge < -0.3 is 17.5 Å². The van der Waals surface area contributed by atoms with E-state index in [1.54, 1.807) is 31.2 Å². The van der Waals surface area contributed by atoms with Crippen molar-refractivity contribution in [2.24, 2.45) is 0 Å². The number of thiazole rings is 1. The summed E-state index contributed by atoms with van der Waals surface area (Å²) in [6, 6.07) is 12.1. The zero-order valence-electron chi connectivity index (χ0n) is 17.2. The third-order valence-corrected chi connectivity index (χ3v) is 6.26. The molecule has 0 bridgehead atoms. The predicted molar refractivity (Wildman–Crippen MR) is 117 cm³/mol. The lowest BCUT2D eigenvalue weighted by molar-refractivity contribution is -0.764. The van der Waals surface area contributed by atoms with E-state index < -0.39 is 23.2 Å². The molecule has 0 fully saturated rings. The van der Waals surface area contributed by atoms with Crippen LogP contribution in [0.1, 0.15) is 29.0 Å². The van der Waals surface area contributed by atoms with Gasteiger partial charge >= 0.3 is 6.33 Å². The average molecular weight is 510 g/mol. The highest BCUT2D eigenvalue weighted by atomic mass is 35.5. The summed E-state index contributed by atoms with van der Waals surface area (Å²) in [4.78, 5) is 8.56. The van der Waals surface area contributed by atoms with Gasteiger partial charge in [-0.25, -0.2) is 13.8 Å². The summed E-state index contributed by atoms with van der Waals surface area (Å²) in [7, 11) is 0. The quantitative estimate of drug-likeness (QED) is 0.380. The molecule has 33 heavy (non-hydrogen) atoms. The summed E-state index contributed by atoms with van der Waals surface area (Å²) in [6.45, 7) is 1.64. The minimum absolute atomic E-state index is 0. The van der Waals surface area contributed by atoms with Gasteiger partial charge in [-0.2, -0.15) is 15.0 Å². The first-order chi connectivity index (χ1) is 14.9. The monoisotopic (exact) mass is 509 g/mol. The number of nitrogens with one attached hydrogen (secondary N) is 1. The van der Waals surface area contributed by atoms with Crippen molar-refractivity contribution in [2.75, 3.05) is 0 Å². The van der Waals surface area contributed by atoms with Crippen LogP contribution in [0, 0.1) is 23.0 Å². The number of rotatable bonds is 6. The van der Waals surface area contributed by atoms with Crippen LogP contribution in [0.15, 0.2) is 60.5 Å². The van der Waals surface area contributed by atoms with Gasteiger partial charge in [0.1, 0.15) is 23.8 Å². The summed E-state index contributed by atoms with van der Waals surface area (Å²) in [5.74, 6) is -2.02. The number of hydrogen-bond acceptors (Lipinski definition) is 5. The molecule has 6 nitrogen and oxygen atoms in total. The van der Waals surface area contributed by atoms with E-state index in [1.165, 1.54) is 28.7 Å². The summed E-state index contributed by atoms with van der Waals surface area (Å²) in [6.07, 6.45) is 2.89. The maximum Gasteiger partial charge on any atom is 0.306 e. The van der Waals surface area contributed by atoms with Crippen LogP contribution in [0.5, 0.6) is 0 Å². The Bertz CT molecular complexity index is 1240. The first-order valence-electron chi connectivity index (χ1n) is 9.42. The van der Waals surface area contributed by atoms with E-state index >= 15 is 0 Å². The molecule has 0 saturated heterocycles. The van der Waals surface area contributed by atoms with Gasteiger partial charge in [-0.1, -0.05) is 19.1 Å². The minimum Gasteiger partial charge on any atom is -1.00 e. The lowest BCUT2D eigenvalue weighted by Crippen LogP contribution is -3.00. The molecule has 2 aromatic heterocycles. The molecular weight excluding hydrogens is 491 g/mol. The molecule has 4 aromatic rings. The van der Waals surface area contributed by atoms with Crippen LogP contribution in [0.3, 0.4) is 0 Å². The summed E-state index contributed by atoms with van der Waals surface area (Å²) < 4.78 is 30.2. The highest BCUT2D eigenvalue weighted by Gasteiger charge is 2.43. The van der Waals surface area contributed by atoms with Gasteiger partial charge in [-0.3, -0.25) is 0 Å². The molecule has 0 aliphatic carbocycles. The largest absolute Gasteiger partial charge is 1.00 e. The second-order valence-electron chi connectivity index (χ2n) is 7.18. The van der Waals surface area contributed by atoms with E-state index in [9.17, 15) is 13.9 Å². The van der Waals surface area contributed by atoms with Crippen molar-refractivity contribution >= 4 is 23.7 Å². The van der Waals surface area contributed by atoms with Crippen LogP contribution in [0.25, 0.3) is 11.3 Å². The number of aromatic nitrogens is 4. The van der Waals surface area contributed by atoms with Gasteiger partial charge in [0.2, 0.25) is 6.33 Å². The maximum absolute atomic E-state index is 14.7. The number of H-pyrrole nitrogens is 1. The number of nitriles is 1. The third-order valence-electron chi connectivity index (χ3n) is 5.23. The molecule has 2 heterocycles. The molecule has 2 atom stereocenters. The highest BCUT2D eigenvalue weighted by molar-refractivity contribution is 7.10. The summed E-state index contributed by atoms with van der Waals surface area (Å²) in [5.41, 5.74) is 0.0745. The molecular formula is C22H19Cl2F2N5OS. The molecule has 0 unspecified atom stereocenters. The topological polar surface area (TPSA) is 89.5 Å². The molecule has 0 amide bonds. The second kappa shape index (κ2) is 10.8. The van der Waals surface area contributed by atoms with Crippen molar-refractivity contribution in [1.82, 2.24) is 15.1 Å². The van der Waals surface area contributed by atoms with Crippen LogP contribution in [-0.4, -0.2) is 20.2 Å². The first-order valence-corrected chi connectivity index (χ1v) is 10.3. The fourth-order valence-corrected chi connectivity index (χ4v) is 4.40. The minimum atomic E-state index is -1.80. The smallest absolute Gasteiger partial charge is 0.306 e. The van der Waals surface area contributed by atoms with E-state index in [-0.39, 0.29) is 36.9 Å². The van der Waals surface area contributed by atoms with Gasteiger partial charge in [0.15, 0.2) is 0 Å². The molecule has 172 valence electrons. The van der Waals surface area contributed by atoms with Gasteiger partial charge in [0.05, 0.1) is 22.3 Å². The van der Waals surface area contributed by atoms with E-state index in [2.05, 4.69) is 21.1 Å². The lowest BCUT2D eigenvalue weighted by Gasteiger charge is -2.32. The van der Waals surface area contributed by atoms with Crippen molar-refractivity contribution in [3.8, 4) is 17.3 Å². The predicted octanol–water partition coefficient (Wildman–Crippen LogP) is 1.09. The van der Waals surface area contributed by atoms with Crippen LogP contribution < -0.4 is 17.1 Å². The van der Waals surface area contributed by atoms with E-state index in [4.69, 9.17) is 5.26 Å². The summed E-state index contributed by atoms with van der Waals surface area (Å²) in [5, 5.41) is 25.9. The number of aliphatic hydroxyl groups is 1. The highest BCUT2D eigenvalue weighted by Crippen LogP contribution is 2.40. The molecule has 0 saturated carbocycles.